The van der Waals surface area contributed by atoms with Crippen molar-refractivity contribution < 1.29 is 179 Å². The molecule has 11 aliphatic heterocycles. The van der Waals surface area contributed by atoms with Crippen LogP contribution in [0.15, 0.2) is 12.1 Å². The normalized spacial score (nSPS) is 46.0. The van der Waals surface area contributed by atoms with Crippen LogP contribution in [0.3, 0.4) is 0 Å². The standard InChI is InChI=1S/C69H95Cl2NO38/c1-23-14-30(73)15-31(74)39(23)60(82)99-35-21-93-69(59-52(35)91-22-92-59)107-36-20-90-62(45(78)51(36)108-69)105-64-55(89-13)44(77)50(34(100-64)19-86-10)103-63-46(79)54(49(87-11)26(4)96-63)104-65-57(81)67(9)58(29(7)97-65)109-68(110-67)17-32(75)47(27(5)106-68)101-37-16-33(98-38-18-66(8,72(84)85)56(80)28(6)95-38)48(25(3)94-37)102-61(83)40-24(2)41(70)43(76)42(71)53(40)88-12/h14-15,25-29,32-38,44-52,54-59,62-65,73-81H,16-22H2,1-13H3/t25-,26-,27-,28+,29-,32-,33-,34-,35-,36+,37+,38+,44+,45-,46-,47-,48-,49+,50-,51-,52+,54-,55+,56+,57-,58-,59-,62+,63+,64+,65+,66+,67-,68-,69-/m1/s1. The number of hydrogen-bond acceptors (Lipinski definition) is 38. The molecule has 2 aromatic carbocycles. The summed E-state index contributed by atoms with van der Waals surface area (Å²) in [6.07, 6.45) is -42.2. The maximum absolute atomic E-state index is 14.2. The Labute approximate surface area is 639 Å². The van der Waals surface area contributed by atoms with Gasteiger partial charge in [-0.3, -0.25) is 10.1 Å². The van der Waals surface area contributed by atoms with Gasteiger partial charge in [-0.1, -0.05) is 23.2 Å². The van der Waals surface area contributed by atoms with Gasteiger partial charge >= 0.3 is 17.9 Å². The fourth-order valence-electron chi connectivity index (χ4n) is 16.6. The Morgan fingerprint density at radius 1 is 0.609 bits per heavy atom. The minimum absolute atomic E-state index is 0.0546. The van der Waals surface area contributed by atoms with Crippen LogP contribution in [0.5, 0.6) is 23.0 Å². The molecule has 41 heteroatoms. The van der Waals surface area contributed by atoms with Crippen LogP contribution in [-0.2, 0) is 114 Å². The Bertz CT molecular complexity index is 3610. The molecule has 0 radical (unpaired) electrons. The molecule has 0 aliphatic carbocycles. The molecule has 39 nitrogen and oxygen atoms in total. The molecule has 11 fully saturated rings. The van der Waals surface area contributed by atoms with E-state index in [-0.39, 0.29) is 76.8 Å². The quantitative estimate of drug-likeness (QED) is 0.0498. The first-order valence-electron chi connectivity index (χ1n) is 35.9. The number of carbonyl (C=O) groups is 2. The lowest BCUT2D eigenvalue weighted by Gasteiger charge is -2.50. The number of aliphatic hydroxyl groups excluding tert-OH is 6. The lowest BCUT2D eigenvalue weighted by atomic mass is 9.86. The maximum atomic E-state index is 14.2. The van der Waals surface area contributed by atoms with E-state index in [4.69, 9.17) is 142 Å². The van der Waals surface area contributed by atoms with Crippen LogP contribution < -0.4 is 4.74 Å². The van der Waals surface area contributed by atoms with E-state index in [1.807, 2.05) is 0 Å². The van der Waals surface area contributed by atoms with Crippen LogP contribution in [0.1, 0.15) is 99.6 Å². The second-order valence-corrected chi connectivity index (χ2v) is 30.4. The van der Waals surface area contributed by atoms with Gasteiger partial charge in [-0.15, -0.1) is 0 Å². The summed E-state index contributed by atoms with van der Waals surface area (Å²) < 4.78 is 154. The van der Waals surface area contributed by atoms with E-state index in [9.17, 15) is 65.7 Å². The van der Waals surface area contributed by atoms with Crippen molar-refractivity contribution in [2.24, 2.45) is 0 Å². The van der Waals surface area contributed by atoms with Gasteiger partial charge in [0.1, 0.15) is 138 Å². The maximum Gasteiger partial charge on any atom is 0.342 e. The van der Waals surface area contributed by atoms with Crippen molar-refractivity contribution in [1.82, 2.24) is 0 Å². The van der Waals surface area contributed by atoms with Gasteiger partial charge in [0.15, 0.2) is 67.6 Å². The third-order valence-corrected chi connectivity index (χ3v) is 23.1. The largest absolute Gasteiger partial charge is 0.508 e. The summed E-state index contributed by atoms with van der Waals surface area (Å²) in [5.74, 6) is -7.60. The molecule has 11 saturated heterocycles. The van der Waals surface area contributed by atoms with Crippen LogP contribution in [0, 0.1) is 24.0 Å². The molecule has 618 valence electrons. The van der Waals surface area contributed by atoms with Gasteiger partial charge in [-0.2, -0.15) is 0 Å². The Balaban J connectivity index is 0.643. The lowest BCUT2D eigenvalue weighted by Crippen LogP contribution is -2.68. The highest BCUT2D eigenvalue weighted by molar-refractivity contribution is 6.39. The first-order valence-corrected chi connectivity index (χ1v) is 36.7. The molecule has 110 heavy (non-hydrogen) atoms. The minimum Gasteiger partial charge on any atom is -0.508 e. The summed E-state index contributed by atoms with van der Waals surface area (Å²) in [6.45, 7) is 12.3. The first-order chi connectivity index (χ1) is 52.0. The van der Waals surface area contributed by atoms with Crippen molar-refractivity contribution in [3.63, 3.8) is 0 Å². The zero-order valence-corrected chi connectivity index (χ0v) is 63.6. The monoisotopic (exact) mass is 1620 g/mol. The van der Waals surface area contributed by atoms with E-state index in [1.165, 1.54) is 76.0 Å². The summed E-state index contributed by atoms with van der Waals surface area (Å²) in [7, 11) is 5.17. The number of rotatable bonds is 20. The van der Waals surface area contributed by atoms with Crippen molar-refractivity contribution in [3.05, 3.63) is 54.5 Å². The van der Waals surface area contributed by atoms with Crippen LogP contribution in [0.4, 0.5) is 0 Å². The minimum atomic E-state index is -2.07. The number of aryl methyl sites for hydroxylation is 1. The smallest absolute Gasteiger partial charge is 0.342 e. The summed E-state index contributed by atoms with van der Waals surface area (Å²) in [6, 6.07) is 2.28. The molecular formula is C69H95Cl2NO38. The number of nitrogens with zero attached hydrogens (tertiary/aromatic N) is 1. The van der Waals surface area contributed by atoms with Crippen molar-refractivity contribution in [1.29, 1.82) is 0 Å². The van der Waals surface area contributed by atoms with Crippen LogP contribution in [0.25, 0.3) is 0 Å². The number of carbonyl (C=O) groups excluding carboxylic acids is 2. The zero-order chi connectivity index (χ0) is 79.4. The number of ether oxygens (including phenoxy) is 25. The molecule has 0 saturated carbocycles. The molecule has 9 N–H and O–H groups in total. The van der Waals surface area contributed by atoms with Crippen molar-refractivity contribution >= 4 is 35.1 Å². The van der Waals surface area contributed by atoms with Crippen LogP contribution >= 0.6 is 23.2 Å². The average Bonchev–Trinajstić information content (AvgIpc) is 1.56. The van der Waals surface area contributed by atoms with E-state index >= 15 is 0 Å². The molecule has 11 heterocycles. The van der Waals surface area contributed by atoms with Gasteiger partial charge < -0.3 is 164 Å². The van der Waals surface area contributed by atoms with Gasteiger partial charge in [-0.05, 0) is 72.6 Å². The third kappa shape index (κ3) is 15.2. The topological polar surface area (TPSA) is 490 Å². The molecular weight excluding hydrogens is 1520 g/mol. The predicted molar refractivity (Wildman–Crippen MR) is 358 cm³/mol. The Morgan fingerprint density at radius 2 is 1.30 bits per heavy atom. The van der Waals surface area contributed by atoms with Crippen molar-refractivity contribution in [2.75, 3.05) is 55.1 Å². The number of esters is 2. The summed E-state index contributed by atoms with van der Waals surface area (Å²) >= 11 is 12.7. The molecule has 2 spiro atoms. The van der Waals surface area contributed by atoms with E-state index in [2.05, 4.69) is 0 Å². The third-order valence-electron chi connectivity index (χ3n) is 22.3. The van der Waals surface area contributed by atoms with Crippen LogP contribution in [0.2, 0.25) is 10.0 Å². The van der Waals surface area contributed by atoms with E-state index < -0.39 is 255 Å². The Morgan fingerprint density at radius 3 is 1.98 bits per heavy atom. The van der Waals surface area contributed by atoms with Gasteiger partial charge in [0, 0.05) is 45.7 Å². The van der Waals surface area contributed by atoms with Gasteiger partial charge in [0.2, 0.25) is 0 Å². The average molecular weight is 1620 g/mol. The Kier molecular flexibility index (Phi) is 24.6. The number of nitro groups is 1. The summed E-state index contributed by atoms with van der Waals surface area (Å²) in [5.41, 5.74) is -3.81. The highest BCUT2D eigenvalue weighted by Gasteiger charge is 2.70. The number of fused-ring (bicyclic) bond motifs is 4. The fraction of sp³-hybridized carbons (Fsp3) is 0.797. The highest BCUT2D eigenvalue weighted by atomic mass is 35.5. The molecule has 0 unspecified atom stereocenters. The van der Waals surface area contributed by atoms with E-state index in [0.717, 1.165) is 6.07 Å². The van der Waals surface area contributed by atoms with Crippen LogP contribution in [-0.4, -0.2) is 331 Å². The van der Waals surface area contributed by atoms with E-state index in [0.29, 0.717) is 0 Å². The Hall–Kier alpha value is -4.56. The fourth-order valence-corrected chi connectivity index (χ4v) is 17.1. The zero-order valence-electron chi connectivity index (χ0n) is 62.1. The number of aromatic hydroxyl groups is 3. The number of benzene rings is 2. The number of methoxy groups -OCH3 is 4. The molecule has 0 bridgehead atoms. The number of halogens is 2. The van der Waals surface area contributed by atoms with E-state index in [1.54, 1.807) is 20.8 Å². The lowest BCUT2D eigenvalue weighted by molar-refractivity contribution is -0.594. The molecule has 11 aliphatic rings. The number of hydrogen-bond donors (Lipinski definition) is 9. The van der Waals surface area contributed by atoms with Gasteiger partial charge in [-0.25, -0.2) is 9.59 Å². The van der Waals surface area contributed by atoms with Gasteiger partial charge in [0.25, 0.3) is 11.5 Å². The number of phenols is 3. The van der Waals surface area contributed by atoms with Gasteiger partial charge in [0.05, 0.1) is 81.4 Å². The number of aliphatic hydroxyl groups is 6. The summed E-state index contributed by atoms with van der Waals surface area (Å²) in [5, 5.41) is 115. The second kappa shape index (κ2) is 32.5. The molecule has 0 aromatic heterocycles. The molecule has 13 rings (SSSR count). The first kappa shape index (κ1) is 83.4. The predicted octanol–water partition coefficient (Wildman–Crippen LogP) is 0.608. The SMILES string of the molecule is COC[C@H]1O[C@@H](O[C@@H]2OC[C@@H]3O[C@@]4(OC[C@@H](OC(=O)c5c(C)cc(O)cc5O)[C@@H]5OCO[C@H]54)O[C@H]3[C@H]2O)[C@@H](OC)[C@@H](O)[C@@H]1O[C@@H]1O[C@H](C)[C@H](OC)[C@H](O[C@@H]2O[C@H](C)[C@H]3O[C@]4(C[C@@H](O)[C@H](O[C@H]5C[C@@H](O[C@H]6C[C@](C)([N+](=O)[O-])[C@@H](O)[C@H](C)O6)[C@H](OC(=O)c6c(C)c(Cl)c(O)c(Cl)c6OC)[C@@H](C)O5)[C@@H](C)O4)O[C@]3(C)[C@@H]2O)[C@H]1O. The highest BCUT2D eigenvalue weighted by Crippen LogP contribution is 2.53. The number of phenolic OH excluding ortho intramolecular Hbond substituents is 3. The molecule has 35 atom stereocenters. The van der Waals surface area contributed by atoms with Crippen molar-refractivity contribution in [3.8, 4) is 23.0 Å². The van der Waals surface area contributed by atoms with Crippen molar-refractivity contribution in [2.45, 2.75) is 295 Å². The summed E-state index contributed by atoms with van der Waals surface area (Å²) in [4.78, 5) is 39.4. The molecule has 0 amide bonds. The second-order valence-electron chi connectivity index (χ2n) is 29.7. The molecule has 2 aromatic rings.